The summed E-state index contributed by atoms with van der Waals surface area (Å²) in [7, 11) is 0. The third-order valence-electron chi connectivity index (χ3n) is 8.73. The lowest BCUT2D eigenvalue weighted by atomic mass is 10.1. The fourth-order valence-electron chi connectivity index (χ4n) is 6.52. The first kappa shape index (κ1) is 26.1. The highest BCUT2D eigenvalue weighted by molar-refractivity contribution is 6.17. The predicted molar refractivity (Wildman–Crippen MR) is 182 cm³/mol. The van der Waals surface area contributed by atoms with Crippen LogP contribution in [0.5, 0.6) is 0 Å². The molecule has 0 bridgehead atoms. The normalized spacial score (nSPS) is 12.5. The minimum absolute atomic E-state index is 0.553. The molecule has 0 radical (unpaired) electrons. The van der Waals surface area contributed by atoms with Gasteiger partial charge in [-0.05, 0) is 79.6 Å². The van der Waals surface area contributed by atoms with E-state index in [4.69, 9.17) is 19.4 Å². The Morgan fingerprint density at radius 3 is 1.91 bits per heavy atom. The Kier molecular flexibility index (Phi) is 5.90. The zero-order valence-corrected chi connectivity index (χ0v) is 24.7. The van der Waals surface area contributed by atoms with Crippen LogP contribution in [0.25, 0.3) is 84.8 Å². The first-order valence-corrected chi connectivity index (χ1v) is 15.3. The Morgan fingerprint density at radius 1 is 0.587 bits per heavy atom. The van der Waals surface area contributed by atoms with E-state index in [-0.39, 0.29) is 0 Å². The van der Waals surface area contributed by atoms with Crippen LogP contribution in [0.15, 0.2) is 120 Å². The first-order chi connectivity index (χ1) is 22.7. The van der Waals surface area contributed by atoms with Crippen molar-refractivity contribution in [3.63, 3.8) is 0 Å². The number of nitrogens with zero attached hydrogens (tertiary/aromatic N) is 5. The number of benzene rings is 5. The minimum Gasteiger partial charge on any atom is -0.454 e. The Balaban J connectivity index is 1.22. The van der Waals surface area contributed by atoms with Crippen molar-refractivity contribution in [3.8, 4) is 45.9 Å². The lowest BCUT2D eigenvalue weighted by Gasteiger charge is -2.11. The molecule has 8 aromatic rings. The second kappa shape index (κ2) is 10.4. The van der Waals surface area contributed by atoms with Crippen molar-refractivity contribution < 1.29 is 4.42 Å². The van der Waals surface area contributed by atoms with Gasteiger partial charge in [-0.15, -0.1) is 0 Å². The van der Waals surface area contributed by atoms with Crippen LogP contribution in [0.1, 0.15) is 18.4 Å². The van der Waals surface area contributed by atoms with Gasteiger partial charge in [0.2, 0.25) is 0 Å². The van der Waals surface area contributed by atoms with E-state index in [2.05, 4.69) is 83.5 Å². The molecule has 9 rings (SSSR count). The summed E-state index contributed by atoms with van der Waals surface area (Å²) in [5, 5.41) is 14.0. The molecule has 1 aliphatic rings. The summed E-state index contributed by atoms with van der Waals surface area (Å²) in [6.07, 6.45) is 6.52. The average Bonchev–Trinajstić information content (AvgIpc) is 3.68. The molecule has 5 aromatic carbocycles. The summed E-state index contributed by atoms with van der Waals surface area (Å²) in [6.45, 7) is 0. The van der Waals surface area contributed by atoms with E-state index in [1.807, 2.05) is 42.5 Å². The number of hydrogen-bond donors (Lipinski definition) is 0. The maximum absolute atomic E-state index is 9.28. The lowest BCUT2D eigenvalue weighted by Crippen LogP contribution is -2.21. The predicted octanol–water partition coefficient (Wildman–Crippen LogP) is 7.94. The molecule has 0 aliphatic heterocycles. The molecule has 0 atom stereocenters. The van der Waals surface area contributed by atoms with E-state index in [9.17, 15) is 5.26 Å². The van der Waals surface area contributed by atoms with Crippen molar-refractivity contribution >= 4 is 44.9 Å². The largest absolute Gasteiger partial charge is 0.454 e. The van der Waals surface area contributed by atoms with Crippen LogP contribution in [0, 0.1) is 11.3 Å². The molecule has 6 heteroatoms. The highest BCUT2D eigenvalue weighted by Crippen LogP contribution is 2.36. The summed E-state index contributed by atoms with van der Waals surface area (Å²) >= 11 is 0. The summed E-state index contributed by atoms with van der Waals surface area (Å²) < 4.78 is 8.86. The van der Waals surface area contributed by atoms with Gasteiger partial charge in [-0.3, -0.25) is 0 Å². The van der Waals surface area contributed by atoms with Gasteiger partial charge in [0, 0.05) is 43.8 Å². The SMILES string of the molecule is N#Cc1ccc(-c2nc(-c3ccccc3)nc(-c3ccc(-n4c5ccccc5c5ccc6c7c(oc6c54)=CCCC=7)cc3)n2)cc1. The molecule has 0 amide bonds. The summed E-state index contributed by atoms with van der Waals surface area (Å²) in [5.41, 5.74) is 8.27. The van der Waals surface area contributed by atoms with Gasteiger partial charge in [0.1, 0.15) is 5.42 Å². The Labute approximate surface area is 263 Å². The second-order valence-corrected chi connectivity index (χ2v) is 11.5. The van der Waals surface area contributed by atoms with Gasteiger partial charge in [-0.25, -0.2) is 15.0 Å². The van der Waals surface area contributed by atoms with Gasteiger partial charge in [-0.2, -0.15) is 5.26 Å². The van der Waals surface area contributed by atoms with Crippen molar-refractivity contribution in [1.29, 1.82) is 5.26 Å². The van der Waals surface area contributed by atoms with Gasteiger partial charge in [0.15, 0.2) is 23.1 Å². The number of fused-ring (bicyclic) bond motifs is 7. The third kappa shape index (κ3) is 4.14. The average molecular weight is 592 g/mol. The van der Waals surface area contributed by atoms with E-state index in [0.717, 1.165) is 68.0 Å². The van der Waals surface area contributed by atoms with Crippen LogP contribution in [0.2, 0.25) is 0 Å². The molecule has 0 unspecified atom stereocenters. The Morgan fingerprint density at radius 2 is 1.20 bits per heavy atom. The first-order valence-electron chi connectivity index (χ1n) is 15.3. The number of aromatic nitrogens is 4. The lowest BCUT2D eigenvalue weighted by molar-refractivity contribution is 0.573. The summed E-state index contributed by atoms with van der Waals surface area (Å²) in [6, 6.07) is 40.7. The number of hydrogen-bond acceptors (Lipinski definition) is 5. The maximum Gasteiger partial charge on any atom is 0.164 e. The number of para-hydroxylation sites is 1. The van der Waals surface area contributed by atoms with E-state index in [1.165, 1.54) is 10.6 Å². The summed E-state index contributed by atoms with van der Waals surface area (Å²) in [5.74, 6) is 1.72. The zero-order chi connectivity index (χ0) is 30.6. The second-order valence-electron chi connectivity index (χ2n) is 11.5. The fraction of sp³-hybridized carbons (Fsp3) is 0.0500. The smallest absolute Gasteiger partial charge is 0.164 e. The van der Waals surface area contributed by atoms with E-state index < -0.39 is 0 Å². The number of furan rings is 1. The van der Waals surface area contributed by atoms with Crippen molar-refractivity contribution in [2.75, 3.05) is 0 Å². The zero-order valence-electron chi connectivity index (χ0n) is 24.7. The van der Waals surface area contributed by atoms with Gasteiger partial charge in [0.05, 0.1) is 22.7 Å². The fourth-order valence-corrected chi connectivity index (χ4v) is 6.52. The molecule has 46 heavy (non-hydrogen) atoms. The van der Waals surface area contributed by atoms with Gasteiger partial charge < -0.3 is 8.98 Å². The van der Waals surface area contributed by atoms with Crippen LogP contribution in [0.4, 0.5) is 0 Å². The van der Waals surface area contributed by atoms with Crippen molar-refractivity contribution in [2.45, 2.75) is 12.8 Å². The number of nitriles is 1. The van der Waals surface area contributed by atoms with Crippen LogP contribution in [-0.2, 0) is 0 Å². The van der Waals surface area contributed by atoms with Crippen LogP contribution in [-0.4, -0.2) is 19.5 Å². The molecule has 3 heterocycles. The Hall–Kier alpha value is -6.32. The molecule has 216 valence electrons. The highest BCUT2D eigenvalue weighted by atomic mass is 16.3. The summed E-state index contributed by atoms with van der Waals surface area (Å²) in [4.78, 5) is 14.6. The molecular weight excluding hydrogens is 566 g/mol. The Bertz CT molecular complexity index is 2630. The minimum atomic E-state index is 0.553. The molecule has 0 saturated carbocycles. The van der Waals surface area contributed by atoms with Crippen LogP contribution >= 0.6 is 0 Å². The highest BCUT2D eigenvalue weighted by Gasteiger charge is 2.19. The third-order valence-corrected chi connectivity index (χ3v) is 8.73. The maximum atomic E-state index is 9.28. The molecule has 0 N–H and O–H groups in total. The standard InChI is InChI=1S/C40H25N5O/c41-24-25-14-16-27(17-15-25)39-42-38(26-8-2-1-3-9-26)43-40(44-39)28-18-20-29(21-19-28)45-34-12-6-4-10-30(34)32-22-23-33-31-11-5-7-13-35(31)46-37(33)36(32)45/h1-4,6,8-23H,5,7H2. The van der Waals surface area contributed by atoms with E-state index in [1.54, 1.807) is 12.1 Å². The van der Waals surface area contributed by atoms with E-state index in [0.29, 0.717) is 23.0 Å². The number of rotatable bonds is 4. The topological polar surface area (TPSA) is 80.5 Å². The quantitative estimate of drug-likeness (QED) is 0.208. The van der Waals surface area contributed by atoms with E-state index >= 15 is 0 Å². The molecule has 0 fully saturated rings. The van der Waals surface area contributed by atoms with Crippen LogP contribution < -0.4 is 10.6 Å². The monoisotopic (exact) mass is 591 g/mol. The van der Waals surface area contributed by atoms with Gasteiger partial charge >= 0.3 is 0 Å². The molecule has 3 aromatic heterocycles. The van der Waals surface area contributed by atoms with Gasteiger partial charge in [0.25, 0.3) is 0 Å². The molecule has 0 spiro atoms. The van der Waals surface area contributed by atoms with Crippen molar-refractivity contribution in [2.24, 2.45) is 0 Å². The molecule has 6 nitrogen and oxygen atoms in total. The molecular formula is C40H25N5O. The molecule has 1 aliphatic carbocycles. The van der Waals surface area contributed by atoms with Crippen LogP contribution in [0.3, 0.4) is 0 Å². The van der Waals surface area contributed by atoms with Crippen molar-refractivity contribution in [3.05, 3.63) is 131 Å². The molecule has 0 saturated heterocycles. The van der Waals surface area contributed by atoms with Crippen molar-refractivity contribution in [1.82, 2.24) is 19.5 Å². The van der Waals surface area contributed by atoms with Gasteiger partial charge in [-0.1, -0.05) is 60.7 Å².